The minimum atomic E-state index is -0.119. The number of piperazine rings is 1. The van der Waals surface area contributed by atoms with Crippen molar-refractivity contribution in [2.45, 2.75) is 51.7 Å². The Labute approximate surface area is 129 Å². The van der Waals surface area contributed by atoms with Gasteiger partial charge in [-0.1, -0.05) is 35.3 Å². The predicted molar refractivity (Wildman–Crippen MR) is 85.3 cm³/mol. The molecule has 2 rings (SSSR count). The Hall–Kier alpha value is -0.450. The van der Waals surface area contributed by atoms with Gasteiger partial charge in [-0.25, -0.2) is 4.39 Å². The summed E-state index contributed by atoms with van der Waals surface area (Å²) >= 11 is 3.31. The van der Waals surface area contributed by atoms with Gasteiger partial charge in [0.05, 0.1) is 0 Å². The molecule has 1 saturated heterocycles. The van der Waals surface area contributed by atoms with Crippen LogP contribution >= 0.6 is 15.9 Å². The number of nitrogens with zero attached hydrogens (tertiary/aromatic N) is 1. The lowest BCUT2D eigenvalue weighted by atomic mass is 9.96. The van der Waals surface area contributed by atoms with E-state index in [0.717, 1.165) is 36.0 Å². The molecule has 1 N–H and O–H groups in total. The molecule has 1 aromatic carbocycles. The van der Waals surface area contributed by atoms with Crippen LogP contribution in [0.15, 0.2) is 22.7 Å². The van der Waals surface area contributed by atoms with Gasteiger partial charge in [0.25, 0.3) is 0 Å². The first-order valence-electron chi connectivity index (χ1n) is 7.34. The summed E-state index contributed by atoms with van der Waals surface area (Å²) in [7, 11) is 0. The second-order valence-electron chi connectivity index (χ2n) is 6.35. The van der Waals surface area contributed by atoms with Crippen LogP contribution in [0.4, 0.5) is 4.39 Å². The molecule has 1 unspecified atom stereocenters. The Morgan fingerprint density at radius 1 is 1.45 bits per heavy atom. The Kier molecular flexibility index (Phi) is 5.21. The van der Waals surface area contributed by atoms with Crippen molar-refractivity contribution in [3.05, 3.63) is 34.1 Å². The van der Waals surface area contributed by atoms with Gasteiger partial charge >= 0.3 is 0 Å². The number of rotatable bonds is 4. The van der Waals surface area contributed by atoms with E-state index in [1.807, 2.05) is 12.1 Å². The molecule has 1 atom stereocenters. The van der Waals surface area contributed by atoms with Crippen molar-refractivity contribution in [1.82, 2.24) is 10.2 Å². The zero-order valence-electron chi connectivity index (χ0n) is 12.5. The van der Waals surface area contributed by atoms with Crippen molar-refractivity contribution in [3.63, 3.8) is 0 Å². The van der Waals surface area contributed by atoms with Crippen molar-refractivity contribution in [3.8, 4) is 0 Å². The molecule has 0 amide bonds. The maximum Gasteiger partial charge on any atom is 0.128 e. The highest BCUT2D eigenvalue weighted by Gasteiger charge is 2.32. The van der Waals surface area contributed by atoms with Crippen LogP contribution in [0, 0.1) is 5.82 Å². The Morgan fingerprint density at radius 3 is 2.85 bits per heavy atom. The van der Waals surface area contributed by atoms with Gasteiger partial charge in [-0.2, -0.15) is 0 Å². The first-order chi connectivity index (χ1) is 9.41. The normalized spacial score (nSPS) is 22.9. The third-order valence-electron chi connectivity index (χ3n) is 3.94. The average Bonchev–Trinajstić information content (AvgIpc) is 2.36. The molecule has 0 aliphatic carbocycles. The van der Waals surface area contributed by atoms with Gasteiger partial charge in [0, 0.05) is 41.3 Å². The minimum absolute atomic E-state index is 0.0933. The monoisotopic (exact) mass is 342 g/mol. The van der Waals surface area contributed by atoms with Gasteiger partial charge in [0.15, 0.2) is 0 Å². The second kappa shape index (κ2) is 6.54. The third-order valence-corrected chi connectivity index (χ3v) is 4.43. The summed E-state index contributed by atoms with van der Waals surface area (Å²) in [5, 5.41) is 3.59. The topological polar surface area (TPSA) is 15.3 Å². The molecule has 4 heteroatoms. The third kappa shape index (κ3) is 4.03. The van der Waals surface area contributed by atoms with E-state index in [2.05, 4.69) is 46.9 Å². The number of benzene rings is 1. The van der Waals surface area contributed by atoms with E-state index in [-0.39, 0.29) is 11.4 Å². The van der Waals surface area contributed by atoms with Crippen molar-refractivity contribution in [1.29, 1.82) is 0 Å². The summed E-state index contributed by atoms with van der Waals surface area (Å²) < 4.78 is 14.8. The molecule has 0 spiro atoms. The SMILES string of the molecule is CCCC1CNC(C)(C)CN1Cc1ccc(Br)cc1F. The molecule has 1 aliphatic heterocycles. The van der Waals surface area contributed by atoms with Gasteiger partial charge in [-0.15, -0.1) is 0 Å². The van der Waals surface area contributed by atoms with Crippen molar-refractivity contribution in [2.24, 2.45) is 0 Å². The van der Waals surface area contributed by atoms with Crippen molar-refractivity contribution >= 4 is 15.9 Å². The maximum atomic E-state index is 14.0. The zero-order valence-corrected chi connectivity index (χ0v) is 14.1. The first kappa shape index (κ1) is 15.9. The average molecular weight is 343 g/mol. The van der Waals surface area contributed by atoms with Gasteiger partial charge in [0.1, 0.15) is 5.82 Å². The van der Waals surface area contributed by atoms with E-state index in [1.54, 1.807) is 6.07 Å². The number of hydrogen-bond donors (Lipinski definition) is 1. The maximum absolute atomic E-state index is 14.0. The molecule has 1 aromatic rings. The van der Waals surface area contributed by atoms with Crippen LogP contribution < -0.4 is 5.32 Å². The Morgan fingerprint density at radius 2 is 2.20 bits per heavy atom. The molecule has 0 bridgehead atoms. The van der Waals surface area contributed by atoms with E-state index in [0.29, 0.717) is 12.6 Å². The molecule has 1 heterocycles. The molecule has 112 valence electrons. The molecular formula is C16H24BrFN2. The number of nitrogens with one attached hydrogen (secondary N) is 1. The standard InChI is InChI=1S/C16H24BrFN2/c1-4-5-14-9-19-16(2,3)11-20(14)10-12-6-7-13(17)8-15(12)18/h6-8,14,19H,4-5,9-11H2,1-3H3. The van der Waals surface area contributed by atoms with Crippen LogP contribution in [0.5, 0.6) is 0 Å². The highest BCUT2D eigenvalue weighted by Crippen LogP contribution is 2.23. The fourth-order valence-electron chi connectivity index (χ4n) is 2.89. The summed E-state index contributed by atoms with van der Waals surface area (Å²) in [6.07, 6.45) is 2.31. The fraction of sp³-hybridized carbons (Fsp3) is 0.625. The van der Waals surface area contributed by atoms with Crippen LogP contribution in [-0.2, 0) is 6.54 Å². The van der Waals surface area contributed by atoms with E-state index >= 15 is 0 Å². The molecule has 20 heavy (non-hydrogen) atoms. The quantitative estimate of drug-likeness (QED) is 0.891. The molecule has 0 radical (unpaired) electrons. The van der Waals surface area contributed by atoms with Crippen LogP contribution in [0.2, 0.25) is 0 Å². The fourth-order valence-corrected chi connectivity index (χ4v) is 3.22. The van der Waals surface area contributed by atoms with Crippen LogP contribution in [0.1, 0.15) is 39.2 Å². The summed E-state index contributed by atoms with van der Waals surface area (Å²) in [5.74, 6) is -0.119. The van der Waals surface area contributed by atoms with E-state index in [9.17, 15) is 4.39 Å². The summed E-state index contributed by atoms with van der Waals surface area (Å²) in [6, 6.07) is 5.85. The van der Waals surface area contributed by atoms with Gasteiger partial charge in [-0.3, -0.25) is 4.90 Å². The van der Waals surface area contributed by atoms with Gasteiger partial charge < -0.3 is 5.32 Å². The van der Waals surface area contributed by atoms with E-state index < -0.39 is 0 Å². The second-order valence-corrected chi connectivity index (χ2v) is 7.26. The zero-order chi connectivity index (χ0) is 14.8. The number of halogens is 2. The number of hydrogen-bond acceptors (Lipinski definition) is 2. The summed E-state index contributed by atoms with van der Waals surface area (Å²) in [4.78, 5) is 2.42. The minimum Gasteiger partial charge on any atom is -0.309 e. The van der Waals surface area contributed by atoms with E-state index in [4.69, 9.17) is 0 Å². The lowest BCUT2D eigenvalue weighted by Crippen LogP contribution is -2.61. The van der Waals surface area contributed by atoms with Crippen LogP contribution in [0.3, 0.4) is 0 Å². The lowest BCUT2D eigenvalue weighted by Gasteiger charge is -2.44. The summed E-state index contributed by atoms with van der Waals surface area (Å²) in [6.45, 7) is 9.25. The Balaban J connectivity index is 2.14. The largest absolute Gasteiger partial charge is 0.309 e. The van der Waals surface area contributed by atoms with Crippen molar-refractivity contribution in [2.75, 3.05) is 13.1 Å². The van der Waals surface area contributed by atoms with Gasteiger partial charge in [0.2, 0.25) is 0 Å². The molecule has 0 saturated carbocycles. The predicted octanol–water partition coefficient (Wildman–Crippen LogP) is 3.94. The van der Waals surface area contributed by atoms with Crippen LogP contribution in [0.25, 0.3) is 0 Å². The van der Waals surface area contributed by atoms with Crippen molar-refractivity contribution < 1.29 is 4.39 Å². The van der Waals surface area contributed by atoms with Crippen LogP contribution in [-0.4, -0.2) is 29.6 Å². The molecule has 2 nitrogen and oxygen atoms in total. The summed E-state index contributed by atoms with van der Waals surface area (Å²) in [5.41, 5.74) is 0.878. The molecular weight excluding hydrogens is 319 g/mol. The molecule has 0 aromatic heterocycles. The molecule has 1 aliphatic rings. The highest BCUT2D eigenvalue weighted by atomic mass is 79.9. The lowest BCUT2D eigenvalue weighted by molar-refractivity contribution is 0.0816. The molecule has 1 fully saturated rings. The smallest absolute Gasteiger partial charge is 0.128 e. The van der Waals surface area contributed by atoms with E-state index in [1.165, 1.54) is 0 Å². The Bertz CT molecular complexity index is 462. The first-order valence-corrected chi connectivity index (χ1v) is 8.13. The van der Waals surface area contributed by atoms with Gasteiger partial charge in [-0.05, 0) is 32.4 Å². The highest BCUT2D eigenvalue weighted by molar-refractivity contribution is 9.10.